The van der Waals surface area contributed by atoms with E-state index in [1.165, 1.54) is 77.0 Å². The number of nitrogens with one attached hydrogen (secondary N) is 1. The minimum atomic E-state index is 0. The maximum atomic E-state index is 3.29. The van der Waals surface area contributed by atoms with Crippen molar-refractivity contribution in [3.63, 3.8) is 0 Å². The third-order valence-electron chi connectivity index (χ3n) is 3.46. The predicted molar refractivity (Wildman–Crippen MR) is 88.9 cm³/mol. The summed E-state index contributed by atoms with van der Waals surface area (Å²) in [6.45, 7) is 5.48. The van der Waals surface area contributed by atoms with E-state index in [1.54, 1.807) is 0 Å². The van der Waals surface area contributed by atoms with Crippen LogP contribution in [-0.2, 0) is 0 Å². The highest BCUT2D eigenvalue weighted by atomic mass is 14.8. The summed E-state index contributed by atoms with van der Waals surface area (Å²) in [5, 5.41) is 3.29. The molecule has 0 aliphatic heterocycles. The predicted octanol–water partition coefficient (Wildman–Crippen LogP) is 5.97. The van der Waals surface area contributed by atoms with Gasteiger partial charge in [-0.3, -0.25) is 0 Å². The van der Waals surface area contributed by atoms with Crippen LogP contribution in [-0.4, -0.2) is 6.54 Å². The normalized spacial score (nSPS) is 10.6. The summed E-state index contributed by atoms with van der Waals surface area (Å²) >= 11 is 0. The van der Waals surface area contributed by atoms with Crippen LogP contribution < -0.4 is 11.5 Å². The van der Waals surface area contributed by atoms with Crippen molar-refractivity contribution in [2.24, 2.45) is 0 Å². The van der Waals surface area contributed by atoms with Crippen molar-refractivity contribution in [1.82, 2.24) is 11.5 Å². The van der Waals surface area contributed by atoms with Gasteiger partial charge in [0, 0.05) is 6.54 Å². The number of rotatable bonds is 14. The zero-order valence-corrected chi connectivity index (χ0v) is 13.6. The molecule has 0 bridgehead atoms. The van der Waals surface area contributed by atoms with Crippen molar-refractivity contribution in [2.75, 3.05) is 6.54 Å². The van der Waals surface area contributed by atoms with E-state index in [4.69, 9.17) is 0 Å². The first-order valence-electron chi connectivity index (χ1n) is 8.26. The van der Waals surface area contributed by atoms with Crippen molar-refractivity contribution in [1.29, 1.82) is 0 Å². The molecule has 0 radical (unpaired) electrons. The highest BCUT2D eigenvalue weighted by molar-refractivity contribution is 4.73. The molecule has 0 heterocycles. The second-order valence-corrected chi connectivity index (χ2v) is 5.34. The molecule has 0 saturated heterocycles. The molecule has 0 fully saturated rings. The molecule has 0 saturated carbocycles. The Bertz CT molecular complexity index is 167. The first-order chi connectivity index (χ1) is 8.91. The Hall–Kier alpha value is -0.500. The summed E-state index contributed by atoms with van der Waals surface area (Å²) in [6, 6.07) is 0. The molecular weight excluding hydrogens is 232 g/mol. The topological polar surface area (TPSA) is 47.0 Å². The molecule has 4 N–H and O–H groups in total. The van der Waals surface area contributed by atoms with E-state index in [2.05, 4.69) is 25.2 Å². The molecule has 0 aliphatic carbocycles. The summed E-state index contributed by atoms with van der Waals surface area (Å²) in [6.07, 6.45) is 21.2. The molecule has 2 heteroatoms. The quantitative estimate of drug-likeness (QED) is 0.382. The third-order valence-corrected chi connectivity index (χ3v) is 3.46. The molecule has 0 aromatic carbocycles. The van der Waals surface area contributed by atoms with Gasteiger partial charge in [-0.25, -0.2) is 0 Å². The van der Waals surface area contributed by atoms with E-state index in [1.807, 2.05) is 6.20 Å². The van der Waals surface area contributed by atoms with Crippen molar-refractivity contribution >= 4 is 0 Å². The summed E-state index contributed by atoms with van der Waals surface area (Å²) in [5.41, 5.74) is 0. The standard InChI is InChI=1S/C17H35N.H3N/c1-3-5-6-7-8-9-10-11-12-13-14-15-17-18-16-4-2;/h4,16,18H,3,5-15,17H2,1-2H3;1H3/b16-4+;. The first kappa shape index (κ1) is 20.8. The van der Waals surface area contributed by atoms with E-state index in [9.17, 15) is 0 Å². The maximum absolute atomic E-state index is 3.29. The van der Waals surface area contributed by atoms with Crippen LogP contribution >= 0.6 is 0 Å². The van der Waals surface area contributed by atoms with Gasteiger partial charge >= 0.3 is 0 Å². The van der Waals surface area contributed by atoms with Crippen LogP contribution in [0.25, 0.3) is 0 Å². The minimum Gasteiger partial charge on any atom is -0.391 e. The average molecular weight is 271 g/mol. The summed E-state index contributed by atoms with van der Waals surface area (Å²) in [7, 11) is 0. The van der Waals surface area contributed by atoms with Crippen LogP contribution in [0.2, 0.25) is 0 Å². The summed E-state index contributed by atoms with van der Waals surface area (Å²) < 4.78 is 0. The van der Waals surface area contributed by atoms with Gasteiger partial charge in [-0.1, -0.05) is 83.6 Å². The summed E-state index contributed by atoms with van der Waals surface area (Å²) in [4.78, 5) is 0. The Balaban J connectivity index is 0. The van der Waals surface area contributed by atoms with Gasteiger partial charge in [-0.05, 0) is 19.5 Å². The van der Waals surface area contributed by atoms with E-state index in [-0.39, 0.29) is 6.15 Å². The fraction of sp³-hybridized carbons (Fsp3) is 0.882. The number of allylic oxidation sites excluding steroid dienone is 1. The van der Waals surface area contributed by atoms with Crippen LogP contribution in [0.1, 0.15) is 90.9 Å². The molecule has 0 rings (SSSR count). The van der Waals surface area contributed by atoms with Gasteiger partial charge in [-0.15, -0.1) is 0 Å². The van der Waals surface area contributed by atoms with Gasteiger partial charge in [0.15, 0.2) is 0 Å². The van der Waals surface area contributed by atoms with Crippen molar-refractivity contribution in [2.45, 2.75) is 90.9 Å². The third kappa shape index (κ3) is 20.0. The number of hydrogen-bond acceptors (Lipinski definition) is 2. The lowest BCUT2D eigenvalue weighted by Gasteiger charge is -2.03. The second kappa shape index (κ2) is 19.8. The Morgan fingerprint density at radius 2 is 1.11 bits per heavy atom. The Labute approximate surface area is 122 Å². The average Bonchev–Trinajstić information content (AvgIpc) is 2.39. The molecule has 0 aromatic rings. The maximum Gasteiger partial charge on any atom is 0.0141 e. The molecule has 116 valence electrons. The smallest absolute Gasteiger partial charge is 0.0141 e. The molecule has 19 heavy (non-hydrogen) atoms. The Morgan fingerprint density at radius 3 is 1.53 bits per heavy atom. The lowest BCUT2D eigenvalue weighted by Crippen LogP contribution is -2.05. The molecular formula is C17H38N2. The van der Waals surface area contributed by atoms with Gasteiger partial charge in [0.1, 0.15) is 0 Å². The molecule has 0 aromatic heterocycles. The monoisotopic (exact) mass is 270 g/mol. The van der Waals surface area contributed by atoms with E-state index < -0.39 is 0 Å². The molecule has 0 aliphatic rings. The van der Waals surface area contributed by atoms with Gasteiger partial charge in [0.05, 0.1) is 0 Å². The van der Waals surface area contributed by atoms with Crippen LogP contribution in [0.3, 0.4) is 0 Å². The van der Waals surface area contributed by atoms with Crippen LogP contribution in [0.4, 0.5) is 0 Å². The van der Waals surface area contributed by atoms with E-state index in [0.717, 1.165) is 6.54 Å². The molecule has 0 amide bonds. The van der Waals surface area contributed by atoms with Crippen LogP contribution in [0.15, 0.2) is 12.3 Å². The minimum absolute atomic E-state index is 0. The van der Waals surface area contributed by atoms with Crippen LogP contribution in [0, 0.1) is 0 Å². The molecule has 2 nitrogen and oxygen atoms in total. The lowest BCUT2D eigenvalue weighted by molar-refractivity contribution is 0.542. The van der Waals surface area contributed by atoms with Crippen molar-refractivity contribution < 1.29 is 0 Å². The van der Waals surface area contributed by atoms with Gasteiger partial charge in [0.2, 0.25) is 0 Å². The summed E-state index contributed by atoms with van der Waals surface area (Å²) in [5.74, 6) is 0. The zero-order valence-electron chi connectivity index (χ0n) is 13.6. The SMILES string of the molecule is C/C=C/NCCCCCCCCCCCCCC.N. The highest BCUT2D eigenvalue weighted by Crippen LogP contribution is 2.11. The molecule has 0 spiro atoms. The van der Waals surface area contributed by atoms with E-state index >= 15 is 0 Å². The number of hydrogen-bond donors (Lipinski definition) is 2. The van der Waals surface area contributed by atoms with Crippen molar-refractivity contribution in [3.8, 4) is 0 Å². The van der Waals surface area contributed by atoms with Crippen molar-refractivity contribution in [3.05, 3.63) is 12.3 Å². The Kier molecular flexibility index (Phi) is 21.7. The first-order valence-corrected chi connectivity index (χ1v) is 8.26. The lowest BCUT2D eigenvalue weighted by atomic mass is 10.1. The number of unbranched alkanes of at least 4 members (excludes halogenated alkanes) is 11. The Morgan fingerprint density at radius 1 is 0.684 bits per heavy atom. The van der Waals surface area contributed by atoms with Crippen LogP contribution in [0.5, 0.6) is 0 Å². The molecule has 0 unspecified atom stereocenters. The van der Waals surface area contributed by atoms with E-state index in [0.29, 0.717) is 0 Å². The van der Waals surface area contributed by atoms with Gasteiger partial charge in [0.25, 0.3) is 0 Å². The zero-order chi connectivity index (χ0) is 13.3. The van der Waals surface area contributed by atoms with Gasteiger partial charge in [-0.2, -0.15) is 0 Å². The second-order valence-electron chi connectivity index (χ2n) is 5.34. The fourth-order valence-corrected chi connectivity index (χ4v) is 2.27. The largest absolute Gasteiger partial charge is 0.391 e. The molecule has 0 atom stereocenters. The van der Waals surface area contributed by atoms with Gasteiger partial charge < -0.3 is 11.5 Å². The fourth-order valence-electron chi connectivity index (χ4n) is 2.27. The highest BCUT2D eigenvalue weighted by Gasteiger charge is 1.92.